The van der Waals surface area contributed by atoms with Crippen LogP contribution in [0.3, 0.4) is 0 Å². The summed E-state index contributed by atoms with van der Waals surface area (Å²) in [6, 6.07) is 17.7. The van der Waals surface area contributed by atoms with Crippen LogP contribution in [0.1, 0.15) is 9.75 Å². The zero-order chi connectivity index (χ0) is 19.9. The second-order valence-electron chi connectivity index (χ2n) is 5.64. The Bertz CT molecular complexity index is 1010. The van der Waals surface area contributed by atoms with Crippen molar-refractivity contribution in [1.82, 2.24) is 10.8 Å². The number of hydrogen-bond acceptors (Lipinski definition) is 4. The SMILES string of the molecule is O=C(NCc1ccc(C(=Nc2cccc(Br)c2)NO)s1)Nc1cccc(Cl)c1. The minimum atomic E-state index is -0.333. The van der Waals surface area contributed by atoms with Crippen LogP contribution in [0.4, 0.5) is 16.2 Å². The number of nitrogens with one attached hydrogen (secondary N) is 3. The average molecular weight is 480 g/mol. The van der Waals surface area contributed by atoms with Crippen molar-refractivity contribution in [3.8, 4) is 0 Å². The van der Waals surface area contributed by atoms with Gasteiger partial charge in [-0.1, -0.05) is 39.7 Å². The summed E-state index contributed by atoms with van der Waals surface area (Å²) in [5.74, 6) is 0.331. The van der Waals surface area contributed by atoms with Gasteiger partial charge in [-0.2, -0.15) is 0 Å². The number of rotatable bonds is 5. The summed E-state index contributed by atoms with van der Waals surface area (Å²) in [6.45, 7) is 0.340. The van der Waals surface area contributed by atoms with Gasteiger partial charge in [-0.15, -0.1) is 11.3 Å². The number of nitrogens with zero attached hydrogens (tertiary/aromatic N) is 1. The molecule has 0 saturated heterocycles. The zero-order valence-corrected chi connectivity index (χ0v) is 17.6. The minimum Gasteiger partial charge on any atom is -0.333 e. The highest BCUT2D eigenvalue weighted by Crippen LogP contribution is 2.22. The van der Waals surface area contributed by atoms with Crippen molar-refractivity contribution >= 4 is 62.1 Å². The standard InChI is InChI=1S/C19H16BrClN4O2S/c20-12-3-1-5-14(9-12)23-18(25-27)17-8-7-16(28-17)11-22-19(26)24-15-6-2-4-13(21)10-15/h1-10,27H,11H2,(H,23,25)(H2,22,24,26). The number of halogens is 2. The molecule has 4 N–H and O–H groups in total. The van der Waals surface area contributed by atoms with E-state index in [1.54, 1.807) is 24.3 Å². The number of carbonyl (C=O) groups is 1. The van der Waals surface area contributed by atoms with Crippen LogP contribution in [0.2, 0.25) is 5.02 Å². The molecule has 0 aliphatic rings. The van der Waals surface area contributed by atoms with E-state index in [1.165, 1.54) is 11.3 Å². The molecule has 3 aromatic rings. The first-order valence-electron chi connectivity index (χ1n) is 8.17. The lowest BCUT2D eigenvalue weighted by atomic mass is 10.3. The third-order valence-electron chi connectivity index (χ3n) is 3.56. The second-order valence-corrected chi connectivity index (χ2v) is 8.16. The number of benzene rings is 2. The lowest BCUT2D eigenvalue weighted by Gasteiger charge is -2.07. The molecule has 0 bridgehead atoms. The van der Waals surface area contributed by atoms with Gasteiger partial charge in [0.1, 0.15) is 0 Å². The van der Waals surface area contributed by atoms with Gasteiger partial charge in [-0.05, 0) is 48.5 Å². The fourth-order valence-electron chi connectivity index (χ4n) is 2.32. The number of aliphatic imine (C=N–C) groups is 1. The van der Waals surface area contributed by atoms with E-state index in [-0.39, 0.29) is 6.03 Å². The molecule has 0 aliphatic carbocycles. The Kier molecular flexibility index (Phi) is 7.05. The monoisotopic (exact) mass is 478 g/mol. The van der Waals surface area contributed by atoms with E-state index in [1.807, 2.05) is 36.4 Å². The van der Waals surface area contributed by atoms with Crippen LogP contribution in [0.15, 0.2) is 70.1 Å². The number of anilines is 1. The number of thiophene rings is 1. The normalized spacial score (nSPS) is 11.2. The summed E-state index contributed by atoms with van der Waals surface area (Å²) in [5.41, 5.74) is 3.45. The van der Waals surface area contributed by atoms with E-state index < -0.39 is 0 Å². The van der Waals surface area contributed by atoms with Crippen LogP contribution in [0, 0.1) is 0 Å². The number of hydroxylamine groups is 1. The topological polar surface area (TPSA) is 85.8 Å². The summed E-state index contributed by atoms with van der Waals surface area (Å²) in [6.07, 6.45) is 0. The van der Waals surface area contributed by atoms with Crippen molar-refractivity contribution in [1.29, 1.82) is 0 Å². The molecule has 0 aliphatic heterocycles. The molecule has 0 atom stereocenters. The van der Waals surface area contributed by atoms with Crippen molar-refractivity contribution in [3.05, 3.63) is 79.9 Å². The Morgan fingerprint density at radius 3 is 2.71 bits per heavy atom. The summed E-state index contributed by atoms with van der Waals surface area (Å²) < 4.78 is 0.896. The number of carbonyl (C=O) groups excluding carboxylic acids is 1. The van der Waals surface area contributed by atoms with Gasteiger partial charge in [-0.25, -0.2) is 9.79 Å². The molecule has 0 spiro atoms. The van der Waals surface area contributed by atoms with Crippen LogP contribution >= 0.6 is 38.9 Å². The first-order valence-corrected chi connectivity index (χ1v) is 10.2. The van der Waals surface area contributed by atoms with Crippen LogP contribution in [-0.2, 0) is 6.54 Å². The summed E-state index contributed by atoms with van der Waals surface area (Å²) in [5, 5.41) is 15.5. The third-order valence-corrected chi connectivity index (χ3v) is 5.38. The Labute approximate surface area is 179 Å². The first-order chi connectivity index (χ1) is 13.5. The molecule has 0 saturated carbocycles. The lowest BCUT2D eigenvalue weighted by molar-refractivity contribution is 0.235. The second kappa shape index (κ2) is 9.70. The van der Waals surface area contributed by atoms with Crippen LogP contribution in [-0.4, -0.2) is 17.1 Å². The number of hydrogen-bond donors (Lipinski definition) is 4. The fraction of sp³-hybridized carbons (Fsp3) is 0.0526. The van der Waals surface area contributed by atoms with Gasteiger partial charge < -0.3 is 10.6 Å². The molecule has 3 rings (SSSR count). The average Bonchev–Trinajstić information content (AvgIpc) is 3.13. The molecule has 2 aromatic carbocycles. The minimum absolute atomic E-state index is 0.331. The summed E-state index contributed by atoms with van der Waals surface area (Å²) in [7, 11) is 0. The maximum atomic E-state index is 12.0. The van der Waals surface area contributed by atoms with Gasteiger partial charge in [0.2, 0.25) is 0 Å². The highest BCUT2D eigenvalue weighted by atomic mass is 79.9. The molecular formula is C19H16BrClN4O2S. The first kappa shape index (κ1) is 20.3. The summed E-state index contributed by atoms with van der Waals surface area (Å²) in [4.78, 5) is 18.1. The van der Waals surface area contributed by atoms with Crippen LogP contribution in [0.5, 0.6) is 0 Å². The molecule has 6 nitrogen and oxygen atoms in total. The van der Waals surface area contributed by atoms with E-state index >= 15 is 0 Å². The van der Waals surface area contributed by atoms with Gasteiger partial charge in [0.25, 0.3) is 0 Å². The zero-order valence-electron chi connectivity index (χ0n) is 14.4. The molecule has 1 aromatic heterocycles. The van der Waals surface area contributed by atoms with Crippen LogP contribution < -0.4 is 16.1 Å². The van der Waals surface area contributed by atoms with E-state index in [2.05, 4.69) is 37.0 Å². The number of amides is 2. The maximum absolute atomic E-state index is 12.0. The van der Waals surface area contributed by atoms with Gasteiger partial charge in [0, 0.05) is 20.1 Å². The van der Waals surface area contributed by atoms with Crippen molar-refractivity contribution in [2.45, 2.75) is 6.54 Å². The van der Waals surface area contributed by atoms with E-state index in [9.17, 15) is 10.0 Å². The highest BCUT2D eigenvalue weighted by molar-refractivity contribution is 9.10. The lowest BCUT2D eigenvalue weighted by Crippen LogP contribution is -2.27. The molecule has 0 unspecified atom stereocenters. The Morgan fingerprint density at radius 2 is 1.96 bits per heavy atom. The third kappa shape index (κ3) is 5.80. The molecule has 9 heteroatoms. The predicted molar refractivity (Wildman–Crippen MR) is 117 cm³/mol. The fourth-order valence-corrected chi connectivity index (χ4v) is 3.78. The largest absolute Gasteiger partial charge is 0.333 e. The van der Waals surface area contributed by atoms with Crippen molar-refractivity contribution in [3.63, 3.8) is 0 Å². The van der Waals surface area contributed by atoms with Gasteiger partial charge in [-0.3, -0.25) is 10.7 Å². The Balaban J connectivity index is 1.62. The molecule has 28 heavy (non-hydrogen) atoms. The maximum Gasteiger partial charge on any atom is 0.319 e. The number of urea groups is 1. The number of amidine groups is 1. The van der Waals surface area contributed by atoms with Crippen molar-refractivity contribution < 1.29 is 10.0 Å². The Hall–Kier alpha value is -2.39. The smallest absolute Gasteiger partial charge is 0.319 e. The molecule has 1 heterocycles. The van der Waals surface area contributed by atoms with Crippen molar-refractivity contribution in [2.24, 2.45) is 4.99 Å². The molecule has 0 fully saturated rings. The molecule has 144 valence electrons. The van der Waals surface area contributed by atoms with E-state index in [0.29, 0.717) is 28.8 Å². The molecule has 0 radical (unpaired) electrons. The van der Waals surface area contributed by atoms with Gasteiger partial charge >= 0.3 is 6.03 Å². The van der Waals surface area contributed by atoms with Gasteiger partial charge in [0.05, 0.1) is 17.1 Å². The highest BCUT2D eigenvalue weighted by Gasteiger charge is 2.09. The molecular weight excluding hydrogens is 464 g/mol. The molecule has 2 amide bonds. The predicted octanol–water partition coefficient (Wildman–Crippen LogP) is 5.54. The van der Waals surface area contributed by atoms with Crippen LogP contribution in [0.25, 0.3) is 0 Å². The van der Waals surface area contributed by atoms with Gasteiger partial charge in [0.15, 0.2) is 5.84 Å². The summed E-state index contributed by atoms with van der Waals surface area (Å²) >= 11 is 10.7. The Morgan fingerprint density at radius 1 is 1.14 bits per heavy atom. The van der Waals surface area contributed by atoms with E-state index in [4.69, 9.17) is 11.6 Å². The quantitative estimate of drug-likeness (QED) is 0.220. The van der Waals surface area contributed by atoms with Crippen molar-refractivity contribution in [2.75, 3.05) is 5.32 Å². The van der Waals surface area contributed by atoms with E-state index in [0.717, 1.165) is 14.2 Å².